The fraction of sp³-hybridized carbons (Fsp3) is 0.222. The van der Waals surface area contributed by atoms with E-state index in [-0.39, 0.29) is 0 Å². The van der Waals surface area contributed by atoms with Crippen molar-refractivity contribution >= 4 is 18.0 Å². The number of halogens is 1. The Balaban J connectivity index is 2.45. The molecule has 0 fully saturated rings. The van der Waals surface area contributed by atoms with Gasteiger partial charge in [0, 0.05) is 11.6 Å². The van der Waals surface area contributed by atoms with Gasteiger partial charge in [-0.2, -0.15) is 0 Å². The molecule has 1 aromatic rings. The van der Waals surface area contributed by atoms with Crippen LogP contribution >= 0.6 is 11.6 Å². The van der Waals surface area contributed by atoms with E-state index in [0.29, 0.717) is 18.0 Å². The van der Waals surface area contributed by atoms with Crippen molar-refractivity contribution in [1.29, 1.82) is 0 Å². The third kappa shape index (κ3) is 3.44. The molecule has 0 aliphatic rings. The Labute approximate surface area is 82.1 Å². The number of hydrazine groups is 1. The maximum absolute atomic E-state index is 10.0. The molecule has 3 nitrogen and oxygen atoms in total. The van der Waals surface area contributed by atoms with Gasteiger partial charge in [0.2, 0.25) is 0 Å². The normalized spacial score (nSPS) is 9.69. The molecule has 0 atom stereocenters. The van der Waals surface area contributed by atoms with Gasteiger partial charge in [0.05, 0.1) is 0 Å². The lowest BCUT2D eigenvalue weighted by molar-refractivity contribution is 0.395. The zero-order valence-electron chi connectivity index (χ0n) is 7.03. The highest BCUT2D eigenvalue weighted by Gasteiger charge is 1.97. The fourth-order valence-electron chi connectivity index (χ4n) is 0.946. The number of amides is 1. The van der Waals surface area contributed by atoms with E-state index in [2.05, 4.69) is 0 Å². The van der Waals surface area contributed by atoms with Gasteiger partial charge in [-0.15, -0.1) is 0 Å². The number of hydrogen-bond acceptors (Lipinski definition) is 2. The van der Waals surface area contributed by atoms with Crippen LogP contribution in [0.2, 0.25) is 5.02 Å². The Hall–Kier alpha value is -1.06. The molecule has 0 unspecified atom stereocenters. The van der Waals surface area contributed by atoms with Crippen molar-refractivity contribution in [2.24, 2.45) is 5.84 Å². The van der Waals surface area contributed by atoms with E-state index in [4.69, 9.17) is 17.4 Å². The molecule has 13 heavy (non-hydrogen) atoms. The molecular formula is C9H10ClN2O. The van der Waals surface area contributed by atoms with Gasteiger partial charge in [-0.3, -0.25) is 9.80 Å². The smallest absolute Gasteiger partial charge is 0.272 e. The second kappa shape index (κ2) is 4.84. The molecule has 0 saturated carbocycles. The molecule has 69 valence electrons. The zero-order chi connectivity index (χ0) is 9.68. The van der Waals surface area contributed by atoms with Crippen LogP contribution in [0.1, 0.15) is 5.56 Å². The molecule has 0 heterocycles. The van der Waals surface area contributed by atoms with Crippen LogP contribution in [0.15, 0.2) is 24.3 Å². The molecule has 1 aromatic carbocycles. The minimum absolute atomic E-state index is 0.463. The van der Waals surface area contributed by atoms with Crippen LogP contribution in [-0.2, 0) is 11.2 Å². The van der Waals surface area contributed by atoms with Gasteiger partial charge in [0.1, 0.15) is 0 Å². The Bertz CT molecular complexity index is 273. The van der Waals surface area contributed by atoms with E-state index in [0.717, 1.165) is 10.6 Å². The highest BCUT2D eigenvalue weighted by Crippen LogP contribution is 2.09. The molecular weight excluding hydrogens is 188 g/mol. The van der Waals surface area contributed by atoms with Gasteiger partial charge in [0.25, 0.3) is 0 Å². The largest absolute Gasteiger partial charge is 0.327 e. The molecule has 1 amide bonds. The number of hydrogen-bond donors (Lipinski definition) is 1. The van der Waals surface area contributed by atoms with Crippen LogP contribution in [0.3, 0.4) is 0 Å². The number of nitrogens with two attached hydrogens (primary N) is 1. The Morgan fingerprint density at radius 3 is 2.54 bits per heavy atom. The molecule has 4 heteroatoms. The first-order chi connectivity index (χ1) is 6.22. The summed E-state index contributed by atoms with van der Waals surface area (Å²) in [5.74, 6) is 5.23. The van der Waals surface area contributed by atoms with Crippen LogP contribution in [0.25, 0.3) is 0 Å². The van der Waals surface area contributed by atoms with Crippen molar-refractivity contribution in [3.05, 3.63) is 34.9 Å². The summed E-state index contributed by atoms with van der Waals surface area (Å²) in [6, 6.07) is 7.42. The molecule has 0 spiro atoms. The van der Waals surface area contributed by atoms with Crippen LogP contribution in [0.5, 0.6) is 0 Å². The van der Waals surface area contributed by atoms with E-state index < -0.39 is 0 Å². The zero-order valence-corrected chi connectivity index (χ0v) is 7.79. The van der Waals surface area contributed by atoms with Crippen molar-refractivity contribution in [3.63, 3.8) is 0 Å². The van der Waals surface area contributed by atoms with Crippen LogP contribution < -0.4 is 5.84 Å². The van der Waals surface area contributed by atoms with E-state index in [1.165, 1.54) is 0 Å². The highest BCUT2D eigenvalue weighted by atomic mass is 35.5. The lowest BCUT2D eigenvalue weighted by Crippen LogP contribution is -2.31. The first kappa shape index (κ1) is 10.0. The van der Waals surface area contributed by atoms with E-state index in [1.807, 2.05) is 24.3 Å². The highest BCUT2D eigenvalue weighted by molar-refractivity contribution is 6.30. The Kier molecular flexibility index (Phi) is 3.73. The van der Waals surface area contributed by atoms with Crippen LogP contribution in [-0.4, -0.2) is 18.0 Å². The second-order valence-electron chi connectivity index (χ2n) is 2.66. The molecule has 0 aliphatic carbocycles. The molecule has 1 rings (SSSR count). The van der Waals surface area contributed by atoms with Crippen molar-refractivity contribution in [2.75, 3.05) is 6.54 Å². The molecule has 0 aromatic heterocycles. The Morgan fingerprint density at radius 1 is 1.38 bits per heavy atom. The topological polar surface area (TPSA) is 46.3 Å². The summed E-state index contributed by atoms with van der Waals surface area (Å²) >= 11 is 5.70. The summed E-state index contributed by atoms with van der Waals surface area (Å²) < 4.78 is 0. The maximum atomic E-state index is 10.0. The number of rotatable bonds is 4. The maximum Gasteiger partial charge on any atom is 0.327 e. The van der Waals surface area contributed by atoms with Crippen molar-refractivity contribution in [3.8, 4) is 0 Å². The van der Waals surface area contributed by atoms with Gasteiger partial charge in [-0.1, -0.05) is 23.7 Å². The monoisotopic (exact) mass is 197 g/mol. The predicted octanol–water partition coefficient (Wildman–Crippen LogP) is 1.13. The van der Waals surface area contributed by atoms with E-state index in [9.17, 15) is 4.79 Å². The average molecular weight is 198 g/mol. The lowest BCUT2D eigenvalue weighted by atomic mass is 10.1. The third-order valence-electron chi connectivity index (χ3n) is 1.67. The van der Waals surface area contributed by atoms with Crippen LogP contribution in [0, 0.1) is 0 Å². The molecule has 0 saturated heterocycles. The average Bonchev–Trinajstić information content (AvgIpc) is 2.16. The van der Waals surface area contributed by atoms with Crippen molar-refractivity contribution in [2.45, 2.75) is 6.42 Å². The minimum atomic E-state index is 0.463. The minimum Gasteiger partial charge on any atom is -0.272 e. The third-order valence-corrected chi connectivity index (χ3v) is 1.92. The lowest BCUT2D eigenvalue weighted by Gasteiger charge is -2.08. The fourth-order valence-corrected chi connectivity index (χ4v) is 1.07. The van der Waals surface area contributed by atoms with Crippen molar-refractivity contribution < 1.29 is 4.79 Å². The quantitative estimate of drug-likeness (QED) is 0.340. The van der Waals surface area contributed by atoms with Gasteiger partial charge in [0.15, 0.2) is 0 Å². The number of benzene rings is 1. The molecule has 1 radical (unpaired) electrons. The first-order valence-corrected chi connectivity index (χ1v) is 4.24. The molecule has 0 aliphatic heterocycles. The van der Waals surface area contributed by atoms with Gasteiger partial charge in [-0.25, -0.2) is 5.84 Å². The van der Waals surface area contributed by atoms with E-state index in [1.54, 1.807) is 6.41 Å². The van der Waals surface area contributed by atoms with E-state index >= 15 is 0 Å². The summed E-state index contributed by atoms with van der Waals surface area (Å²) in [7, 11) is 0. The number of nitrogens with zero attached hydrogens (tertiary/aromatic N) is 1. The summed E-state index contributed by atoms with van der Waals surface area (Å²) in [5, 5.41) is 1.70. The number of carbonyl (C=O) groups excluding carboxylic acids is 1. The summed E-state index contributed by atoms with van der Waals surface area (Å²) in [5.41, 5.74) is 1.09. The molecule has 2 N–H and O–H groups in total. The van der Waals surface area contributed by atoms with Gasteiger partial charge < -0.3 is 0 Å². The summed E-state index contributed by atoms with van der Waals surface area (Å²) in [6.45, 7) is 0.463. The Morgan fingerprint density at radius 2 is 2.00 bits per heavy atom. The second-order valence-corrected chi connectivity index (χ2v) is 3.10. The predicted molar refractivity (Wildman–Crippen MR) is 51.7 cm³/mol. The van der Waals surface area contributed by atoms with Crippen molar-refractivity contribution in [1.82, 2.24) is 5.01 Å². The summed E-state index contributed by atoms with van der Waals surface area (Å²) in [6.07, 6.45) is 2.29. The molecule has 0 bridgehead atoms. The summed E-state index contributed by atoms with van der Waals surface area (Å²) in [4.78, 5) is 10.0. The van der Waals surface area contributed by atoms with Crippen LogP contribution in [0.4, 0.5) is 0 Å². The SMILES string of the molecule is NN([C]=O)CCc1ccc(Cl)cc1. The first-order valence-electron chi connectivity index (χ1n) is 3.87. The van der Waals surface area contributed by atoms with Gasteiger partial charge >= 0.3 is 6.41 Å². The van der Waals surface area contributed by atoms with Gasteiger partial charge in [-0.05, 0) is 24.1 Å². The standard InChI is InChI=1S/C9H10ClN2O/c10-9-3-1-8(2-4-9)5-6-12(11)7-13/h1-4H,5-6,11H2.